The molecule has 1 N–H and O–H groups in total. The van der Waals surface area contributed by atoms with E-state index in [4.69, 9.17) is 4.98 Å². The van der Waals surface area contributed by atoms with E-state index in [0.717, 1.165) is 21.7 Å². The van der Waals surface area contributed by atoms with Crippen LogP contribution < -0.4 is 0 Å². The molecule has 0 bridgehead atoms. The van der Waals surface area contributed by atoms with Gasteiger partial charge in [-0.15, -0.1) is 23.1 Å². The van der Waals surface area contributed by atoms with Crippen LogP contribution in [0.5, 0.6) is 0 Å². The third-order valence-electron chi connectivity index (χ3n) is 4.04. The number of thiophene rings is 1. The van der Waals surface area contributed by atoms with Crippen molar-refractivity contribution >= 4 is 32.1 Å². The van der Waals surface area contributed by atoms with Crippen LogP contribution in [-0.4, -0.2) is 30.9 Å². The molecule has 3 rings (SSSR count). The van der Waals surface area contributed by atoms with Crippen LogP contribution in [0.15, 0.2) is 58.9 Å². The van der Waals surface area contributed by atoms with Crippen LogP contribution in [0.25, 0.3) is 21.7 Å². The Morgan fingerprint density at radius 3 is 2.70 bits per heavy atom. The van der Waals surface area contributed by atoms with Crippen molar-refractivity contribution in [3.63, 3.8) is 0 Å². The number of nitrogens with zero attached hydrogens (tertiary/aromatic N) is 2. The average Bonchev–Trinajstić information content (AvgIpc) is 3.25. The number of hydrogen-bond donors (Lipinski definition) is 1. The fourth-order valence-electron chi connectivity index (χ4n) is 2.70. The molecule has 0 radical (unpaired) electrons. The molecule has 1 aromatic carbocycles. The molecule has 0 amide bonds. The Hall–Kier alpha value is -1.98. The van der Waals surface area contributed by atoms with E-state index >= 15 is 0 Å². The second-order valence-electron chi connectivity index (χ2n) is 5.99. The van der Waals surface area contributed by atoms with Crippen LogP contribution >= 0.6 is 23.1 Å². The first kappa shape index (κ1) is 19.8. The van der Waals surface area contributed by atoms with Gasteiger partial charge in [-0.25, -0.2) is 4.98 Å². The SMILES string of the molecule is N#Cc1c(-c2ccccc2)cc(-c2cccs2)nc1SC[SiH](O)CCCF. The monoisotopic (exact) mass is 414 g/mol. The van der Waals surface area contributed by atoms with E-state index < -0.39 is 15.7 Å². The zero-order valence-corrected chi connectivity index (χ0v) is 17.4. The van der Waals surface area contributed by atoms with E-state index in [1.165, 1.54) is 11.8 Å². The third kappa shape index (κ3) is 5.05. The highest BCUT2D eigenvalue weighted by molar-refractivity contribution is 8.00. The number of nitriles is 1. The van der Waals surface area contributed by atoms with Crippen LogP contribution in [0.2, 0.25) is 6.04 Å². The standard InChI is InChI=1S/C20H19FN2OS2Si/c21-9-5-11-27(24)14-26-20-17(13-22)16(15-6-2-1-3-7-15)12-18(23-20)19-8-4-10-25-19/h1-4,6-8,10,12,24,27H,5,9,11,14H2. The summed E-state index contributed by atoms with van der Waals surface area (Å²) in [5.74, 6) is 0. The fourth-order valence-corrected chi connectivity index (χ4v) is 6.54. The van der Waals surface area contributed by atoms with Crippen molar-refractivity contribution < 1.29 is 9.19 Å². The molecule has 0 saturated carbocycles. The maximum absolute atomic E-state index is 12.3. The lowest BCUT2D eigenvalue weighted by Gasteiger charge is -2.13. The molecule has 7 heteroatoms. The second kappa shape index (κ2) is 9.81. The second-order valence-corrected chi connectivity index (χ2v) is 10.8. The van der Waals surface area contributed by atoms with Crippen LogP contribution in [0.1, 0.15) is 12.0 Å². The summed E-state index contributed by atoms with van der Waals surface area (Å²) >= 11 is 3.01. The van der Waals surface area contributed by atoms with E-state index in [1.54, 1.807) is 11.3 Å². The number of aromatic nitrogens is 1. The number of thioether (sulfide) groups is 1. The summed E-state index contributed by atoms with van der Waals surface area (Å²) in [6, 6.07) is 18.6. The van der Waals surface area contributed by atoms with E-state index in [1.807, 2.05) is 53.9 Å². The molecule has 2 heterocycles. The van der Waals surface area contributed by atoms with Crippen molar-refractivity contribution in [1.29, 1.82) is 5.26 Å². The Morgan fingerprint density at radius 1 is 1.22 bits per heavy atom. The Labute approximate surface area is 168 Å². The lowest BCUT2D eigenvalue weighted by molar-refractivity contribution is 0.476. The smallest absolute Gasteiger partial charge is 0.182 e. The highest BCUT2D eigenvalue weighted by atomic mass is 32.2. The number of hydrogen-bond acceptors (Lipinski definition) is 5. The minimum absolute atomic E-state index is 0.400. The van der Waals surface area contributed by atoms with Crippen LogP contribution in [0, 0.1) is 11.3 Å². The van der Waals surface area contributed by atoms with Gasteiger partial charge in [0.05, 0.1) is 22.8 Å². The highest BCUT2D eigenvalue weighted by Crippen LogP contribution is 2.35. The summed E-state index contributed by atoms with van der Waals surface area (Å²) in [5, 5.41) is 12.9. The molecule has 2 aromatic heterocycles. The average molecular weight is 415 g/mol. The molecular weight excluding hydrogens is 395 g/mol. The zero-order chi connectivity index (χ0) is 19.1. The minimum atomic E-state index is -2.01. The van der Waals surface area contributed by atoms with Crippen molar-refractivity contribution in [3.05, 3.63) is 59.5 Å². The molecule has 27 heavy (non-hydrogen) atoms. The van der Waals surface area contributed by atoms with Gasteiger partial charge in [0, 0.05) is 10.9 Å². The molecular formula is C20H19FN2OS2Si. The van der Waals surface area contributed by atoms with E-state index in [9.17, 15) is 14.4 Å². The summed E-state index contributed by atoms with van der Waals surface area (Å²) in [5.41, 5.74) is 3.16. The number of benzene rings is 1. The van der Waals surface area contributed by atoms with Gasteiger partial charge in [0.1, 0.15) is 11.1 Å². The topological polar surface area (TPSA) is 56.9 Å². The fraction of sp³-hybridized carbons (Fsp3) is 0.200. The minimum Gasteiger partial charge on any atom is -0.434 e. The number of halogens is 1. The van der Waals surface area contributed by atoms with Gasteiger partial charge in [0.25, 0.3) is 0 Å². The molecule has 0 saturated heterocycles. The molecule has 138 valence electrons. The van der Waals surface area contributed by atoms with Gasteiger partial charge < -0.3 is 4.80 Å². The lowest BCUT2D eigenvalue weighted by Crippen LogP contribution is -2.16. The molecule has 3 aromatic rings. The van der Waals surface area contributed by atoms with Gasteiger partial charge in [-0.2, -0.15) is 5.26 Å². The third-order valence-corrected chi connectivity index (χ3v) is 8.78. The Bertz CT molecular complexity index is 914. The van der Waals surface area contributed by atoms with Crippen LogP contribution in [0.4, 0.5) is 4.39 Å². The van der Waals surface area contributed by atoms with Gasteiger partial charge in [0.2, 0.25) is 0 Å². The van der Waals surface area contributed by atoms with E-state index in [2.05, 4.69) is 6.07 Å². The molecule has 0 aliphatic carbocycles. The number of rotatable bonds is 8. The molecule has 1 atom stereocenters. The summed E-state index contributed by atoms with van der Waals surface area (Å²) in [7, 11) is -2.01. The van der Waals surface area contributed by atoms with E-state index in [0.29, 0.717) is 28.4 Å². The van der Waals surface area contributed by atoms with E-state index in [-0.39, 0.29) is 0 Å². The quantitative estimate of drug-likeness (QED) is 0.414. The molecule has 0 spiro atoms. The molecule has 3 nitrogen and oxygen atoms in total. The molecule has 0 aliphatic heterocycles. The van der Waals surface area contributed by atoms with Crippen LogP contribution in [0.3, 0.4) is 0 Å². The maximum atomic E-state index is 12.3. The Balaban J connectivity index is 2.00. The van der Waals surface area contributed by atoms with Crippen molar-refractivity contribution in [2.45, 2.75) is 17.5 Å². The van der Waals surface area contributed by atoms with Gasteiger partial charge in [-0.3, -0.25) is 4.39 Å². The zero-order valence-electron chi connectivity index (χ0n) is 14.6. The summed E-state index contributed by atoms with van der Waals surface area (Å²) < 4.78 is 12.3. The van der Waals surface area contributed by atoms with Crippen LogP contribution in [-0.2, 0) is 0 Å². The predicted octanol–water partition coefficient (Wildman–Crippen LogP) is 5.06. The van der Waals surface area contributed by atoms with Crippen molar-refractivity contribution in [1.82, 2.24) is 4.98 Å². The summed E-state index contributed by atoms with van der Waals surface area (Å²) in [4.78, 5) is 15.9. The van der Waals surface area contributed by atoms with Crippen molar-refractivity contribution in [2.24, 2.45) is 0 Å². The van der Waals surface area contributed by atoms with Crippen molar-refractivity contribution in [3.8, 4) is 27.8 Å². The lowest BCUT2D eigenvalue weighted by atomic mass is 10.0. The number of alkyl halides is 1. The number of pyridine rings is 1. The molecule has 0 aliphatic rings. The maximum Gasteiger partial charge on any atom is 0.182 e. The van der Waals surface area contributed by atoms with Gasteiger partial charge in [-0.05, 0) is 35.5 Å². The van der Waals surface area contributed by atoms with Gasteiger partial charge in [0.15, 0.2) is 9.04 Å². The first-order valence-corrected chi connectivity index (χ1v) is 12.7. The summed E-state index contributed by atoms with van der Waals surface area (Å²) in [6.07, 6.45) is 0.400. The summed E-state index contributed by atoms with van der Waals surface area (Å²) in [6.45, 7) is -0.400. The molecule has 1 unspecified atom stereocenters. The van der Waals surface area contributed by atoms with Gasteiger partial charge in [-0.1, -0.05) is 36.4 Å². The normalized spacial score (nSPS) is 11.9. The van der Waals surface area contributed by atoms with Crippen molar-refractivity contribution in [2.75, 3.05) is 12.1 Å². The van der Waals surface area contributed by atoms with Gasteiger partial charge >= 0.3 is 0 Å². The Kier molecular flexibility index (Phi) is 7.18. The highest BCUT2D eigenvalue weighted by Gasteiger charge is 2.18. The Morgan fingerprint density at radius 2 is 2.04 bits per heavy atom. The largest absolute Gasteiger partial charge is 0.434 e. The first-order chi connectivity index (χ1) is 13.2. The molecule has 0 fully saturated rings. The predicted molar refractivity (Wildman–Crippen MR) is 113 cm³/mol. The first-order valence-electron chi connectivity index (χ1n) is 8.64.